The second-order valence-corrected chi connectivity index (χ2v) is 4.78. The minimum Gasteiger partial charge on any atom is -0.462 e. The van der Waals surface area contributed by atoms with E-state index in [9.17, 15) is 14.4 Å². The van der Waals surface area contributed by atoms with Gasteiger partial charge in [0.05, 0.1) is 12.5 Å². The number of hydrogen-bond donors (Lipinski definition) is 0. The Hall–Kier alpha value is -1.20. The zero-order valence-electron chi connectivity index (χ0n) is 9.09. The van der Waals surface area contributed by atoms with E-state index in [1.54, 1.807) is 19.1 Å². The van der Waals surface area contributed by atoms with Crippen molar-refractivity contribution in [2.75, 3.05) is 6.61 Å². The van der Waals surface area contributed by atoms with Gasteiger partial charge in [0.25, 0.3) is 0 Å². The predicted molar refractivity (Wildman–Crippen MR) is 64.8 cm³/mol. The molecule has 92 valence electrons. The molecule has 0 spiro atoms. The van der Waals surface area contributed by atoms with Crippen LogP contribution < -0.4 is 0 Å². The molecule has 17 heavy (non-hydrogen) atoms. The van der Waals surface area contributed by atoms with Crippen molar-refractivity contribution in [3.05, 3.63) is 21.9 Å². The van der Waals surface area contributed by atoms with Crippen LogP contribution in [0.2, 0.25) is 0 Å². The molecule has 0 N–H and O–H groups in total. The Morgan fingerprint density at radius 2 is 2.18 bits per heavy atom. The summed E-state index contributed by atoms with van der Waals surface area (Å²) in [5.74, 6) is -1.16. The lowest BCUT2D eigenvalue weighted by molar-refractivity contribution is -0.113. The Balaban J connectivity index is 2.89. The number of thiophene rings is 1. The smallest absolute Gasteiger partial charge is 0.348 e. The van der Waals surface area contributed by atoms with Gasteiger partial charge in [-0.2, -0.15) is 0 Å². The van der Waals surface area contributed by atoms with Crippen molar-refractivity contribution in [2.45, 2.75) is 18.2 Å². The number of aldehydes is 2. The van der Waals surface area contributed by atoms with E-state index in [4.69, 9.17) is 16.3 Å². The summed E-state index contributed by atoms with van der Waals surface area (Å²) in [6, 6.07) is 3.16. The first-order valence-electron chi connectivity index (χ1n) is 4.95. The third kappa shape index (κ3) is 3.38. The molecule has 6 heteroatoms. The van der Waals surface area contributed by atoms with Crippen LogP contribution in [0.4, 0.5) is 0 Å². The van der Waals surface area contributed by atoms with Gasteiger partial charge in [-0.15, -0.1) is 22.9 Å². The third-order valence-corrected chi connectivity index (χ3v) is 3.59. The van der Waals surface area contributed by atoms with Crippen molar-refractivity contribution in [1.82, 2.24) is 0 Å². The Labute approximate surface area is 108 Å². The van der Waals surface area contributed by atoms with Crippen LogP contribution in [-0.4, -0.2) is 30.5 Å². The second-order valence-electron chi connectivity index (χ2n) is 3.16. The molecule has 0 aromatic carbocycles. The fraction of sp³-hybridized carbons (Fsp3) is 0.364. The van der Waals surface area contributed by atoms with E-state index in [0.29, 0.717) is 22.3 Å². The van der Waals surface area contributed by atoms with E-state index in [1.807, 2.05) is 0 Å². The number of carbonyl (C=O) groups excluding carboxylic acids is 3. The minimum absolute atomic E-state index is 0.287. The number of esters is 1. The van der Waals surface area contributed by atoms with Gasteiger partial charge in [0, 0.05) is 4.88 Å². The van der Waals surface area contributed by atoms with Crippen LogP contribution >= 0.6 is 22.9 Å². The highest BCUT2D eigenvalue weighted by molar-refractivity contribution is 7.14. The summed E-state index contributed by atoms with van der Waals surface area (Å²) in [4.78, 5) is 33.8. The van der Waals surface area contributed by atoms with Gasteiger partial charge in [0.1, 0.15) is 22.8 Å². The van der Waals surface area contributed by atoms with Crippen LogP contribution in [0, 0.1) is 0 Å². The molecule has 0 fully saturated rings. The Morgan fingerprint density at radius 3 is 2.71 bits per heavy atom. The molecule has 0 aliphatic rings. The number of carbonyl (C=O) groups is 3. The molecule has 0 bridgehead atoms. The van der Waals surface area contributed by atoms with E-state index in [1.165, 1.54) is 0 Å². The standard InChI is InChI=1S/C11H11ClO4S/c1-2-16-11(15)10-4-3-9(17-10)7(5-13)8(12)6-14/h3-8H,2H2,1H3. The summed E-state index contributed by atoms with van der Waals surface area (Å²) >= 11 is 6.82. The highest BCUT2D eigenvalue weighted by atomic mass is 35.5. The fourth-order valence-electron chi connectivity index (χ4n) is 1.23. The van der Waals surface area contributed by atoms with Gasteiger partial charge in [-0.25, -0.2) is 4.79 Å². The summed E-state index contributed by atoms with van der Waals surface area (Å²) in [7, 11) is 0. The first-order chi connectivity index (χ1) is 8.13. The third-order valence-electron chi connectivity index (χ3n) is 2.05. The maximum Gasteiger partial charge on any atom is 0.348 e. The topological polar surface area (TPSA) is 60.4 Å². The number of halogens is 1. The first-order valence-corrected chi connectivity index (χ1v) is 6.20. The number of rotatable bonds is 6. The van der Waals surface area contributed by atoms with Crippen molar-refractivity contribution >= 4 is 41.5 Å². The van der Waals surface area contributed by atoms with Crippen molar-refractivity contribution in [2.24, 2.45) is 0 Å². The Kier molecular flexibility index (Phi) is 5.31. The molecule has 0 saturated carbocycles. The van der Waals surface area contributed by atoms with Crippen molar-refractivity contribution < 1.29 is 19.1 Å². The fourth-order valence-corrected chi connectivity index (χ4v) is 2.50. The average Bonchev–Trinajstić information content (AvgIpc) is 2.79. The second kappa shape index (κ2) is 6.51. The highest BCUT2D eigenvalue weighted by Crippen LogP contribution is 2.28. The number of ether oxygens (including phenoxy) is 1. The SMILES string of the molecule is CCOC(=O)c1ccc(C(C=O)C(Cl)C=O)s1. The molecule has 0 saturated heterocycles. The molecule has 1 rings (SSSR count). The monoisotopic (exact) mass is 274 g/mol. The van der Waals surface area contributed by atoms with Crippen LogP contribution in [0.25, 0.3) is 0 Å². The lowest BCUT2D eigenvalue weighted by Crippen LogP contribution is -2.14. The van der Waals surface area contributed by atoms with E-state index < -0.39 is 17.3 Å². The highest BCUT2D eigenvalue weighted by Gasteiger charge is 2.23. The quantitative estimate of drug-likeness (QED) is 0.452. The van der Waals surface area contributed by atoms with Gasteiger partial charge in [-0.3, -0.25) is 0 Å². The van der Waals surface area contributed by atoms with Gasteiger partial charge >= 0.3 is 5.97 Å². The van der Waals surface area contributed by atoms with Gasteiger partial charge in [0.2, 0.25) is 0 Å². The molecular formula is C11H11ClO4S. The van der Waals surface area contributed by atoms with Crippen LogP contribution in [0.5, 0.6) is 0 Å². The molecular weight excluding hydrogens is 264 g/mol. The minimum atomic E-state index is -0.916. The van der Waals surface area contributed by atoms with E-state index in [2.05, 4.69) is 0 Å². The van der Waals surface area contributed by atoms with Crippen LogP contribution in [0.3, 0.4) is 0 Å². The molecule has 0 amide bonds. The summed E-state index contributed by atoms with van der Waals surface area (Å²) in [6.07, 6.45) is 1.11. The van der Waals surface area contributed by atoms with E-state index in [0.717, 1.165) is 11.3 Å². The first kappa shape index (κ1) is 13.9. The van der Waals surface area contributed by atoms with Crippen molar-refractivity contribution in [1.29, 1.82) is 0 Å². The lowest BCUT2D eigenvalue weighted by atomic mass is 10.1. The number of alkyl halides is 1. The summed E-state index contributed by atoms with van der Waals surface area (Å²) in [5, 5.41) is -0.916. The summed E-state index contributed by atoms with van der Waals surface area (Å²) in [6.45, 7) is 2.00. The molecule has 2 unspecified atom stereocenters. The largest absolute Gasteiger partial charge is 0.462 e. The van der Waals surface area contributed by atoms with Crippen LogP contribution in [0.15, 0.2) is 12.1 Å². The molecule has 1 heterocycles. The zero-order chi connectivity index (χ0) is 12.8. The van der Waals surface area contributed by atoms with Crippen molar-refractivity contribution in [3.8, 4) is 0 Å². The molecule has 0 aliphatic heterocycles. The Bertz CT molecular complexity index is 415. The van der Waals surface area contributed by atoms with Crippen LogP contribution in [-0.2, 0) is 14.3 Å². The maximum atomic E-state index is 11.4. The average molecular weight is 275 g/mol. The molecule has 2 atom stereocenters. The molecule has 0 radical (unpaired) electrons. The van der Waals surface area contributed by atoms with Crippen LogP contribution in [0.1, 0.15) is 27.4 Å². The van der Waals surface area contributed by atoms with Gasteiger partial charge < -0.3 is 14.3 Å². The summed E-state index contributed by atoms with van der Waals surface area (Å²) in [5.41, 5.74) is 0. The molecule has 1 aromatic rings. The molecule has 0 aliphatic carbocycles. The maximum absolute atomic E-state index is 11.4. The molecule has 4 nitrogen and oxygen atoms in total. The zero-order valence-corrected chi connectivity index (χ0v) is 10.7. The number of hydrogen-bond acceptors (Lipinski definition) is 5. The van der Waals surface area contributed by atoms with Gasteiger partial charge in [-0.05, 0) is 19.1 Å². The van der Waals surface area contributed by atoms with Gasteiger partial charge in [-0.1, -0.05) is 0 Å². The molecule has 1 aromatic heterocycles. The van der Waals surface area contributed by atoms with Gasteiger partial charge in [0.15, 0.2) is 0 Å². The summed E-state index contributed by atoms with van der Waals surface area (Å²) < 4.78 is 4.82. The van der Waals surface area contributed by atoms with E-state index in [-0.39, 0.29) is 6.61 Å². The normalized spacial score (nSPS) is 13.8. The van der Waals surface area contributed by atoms with Crippen molar-refractivity contribution in [3.63, 3.8) is 0 Å². The Morgan fingerprint density at radius 1 is 1.47 bits per heavy atom. The lowest BCUT2D eigenvalue weighted by Gasteiger charge is -2.08. The predicted octanol–water partition coefficient (Wildman–Crippen LogP) is 2.01. The van der Waals surface area contributed by atoms with E-state index >= 15 is 0 Å².